The summed E-state index contributed by atoms with van der Waals surface area (Å²) in [6.07, 6.45) is -0.330. The van der Waals surface area contributed by atoms with Gasteiger partial charge in [0, 0.05) is 5.92 Å². The van der Waals surface area contributed by atoms with Gasteiger partial charge in [0.25, 0.3) is 0 Å². The van der Waals surface area contributed by atoms with Crippen molar-refractivity contribution in [2.75, 3.05) is 0 Å². The van der Waals surface area contributed by atoms with Crippen LogP contribution in [0.1, 0.15) is 58.3 Å². The molecule has 4 atom stereocenters. The van der Waals surface area contributed by atoms with Crippen molar-refractivity contribution >= 4 is 0 Å². The summed E-state index contributed by atoms with van der Waals surface area (Å²) in [7, 11) is 0. The Morgan fingerprint density at radius 1 is 0.615 bits per heavy atom. The molecule has 3 fully saturated rings. The van der Waals surface area contributed by atoms with Crippen LogP contribution in [0.25, 0.3) is 0 Å². The summed E-state index contributed by atoms with van der Waals surface area (Å²) in [6.45, 7) is 2.01. The van der Waals surface area contributed by atoms with Crippen LogP contribution in [0.5, 0.6) is 0 Å². The molecule has 26 heavy (non-hydrogen) atoms. The molecule has 0 N–H and O–H groups in total. The van der Waals surface area contributed by atoms with Crippen molar-refractivity contribution in [3.8, 4) is 0 Å². The highest BCUT2D eigenvalue weighted by molar-refractivity contribution is 4.98. The average molecular weight is 378 g/mol. The minimum atomic E-state index is -2.15. The topological polar surface area (TPSA) is 0 Å². The molecule has 0 amide bonds. The quantitative estimate of drug-likeness (QED) is 0.389. The molecule has 0 aromatic rings. The number of allylic oxidation sites excluding steroid dienone is 2. The molecule has 0 bridgehead atoms. The molecular weight excluding hydrogens is 347 g/mol. The molecule has 3 saturated carbocycles. The van der Waals surface area contributed by atoms with Gasteiger partial charge < -0.3 is 0 Å². The van der Waals surface area contributed by atoms with Crippen LogP contribution in [0.2, 0.25) is 0 Å². The van der Waals surface area contributed by atoms with E-state index in [0.29, 0.717) is 11.8 Å². The summed E-state index contributed by atoms with van der Waals surface area (Å²) in [4.78, 5) is 0. The lowest BCUT2D eigenvalue weighted by molar-refractivity contribution is -0.0587. The fourth-order valence-electron chi connectivity index (χ4n) is 5.75. The molecule has 0 spiro atoms. The molecule has 0 nitrogen and oxygen atoms in total. The molecule has 3 aliphatic rings. The van der Waals surface area contributed by atoms with Crippen molar-refractivity contribution in [1.82, 2.24) is 0 Å². The SMILES string of the molecule is C/C=C/C1CCC(C2CC(F)C(C3CC(F)C(F)C(F)C3)C(F)C2)CC1. The van der Waals surface area contributed by atoms with Crippen molar-refractivity contribution in [3.05, 3.63) is 12.2 Å². The Kier molecular flexibility index (Phi) is 6.66. The summed E-state index contributed by atoms with van der Waals surface area (Å²) in [5, 5.41) is 0. The molecule has 3 aliphatic carbocycles. The molecule has 5 heteroatoms. The normalized spacial score (nSPS) is 50.8. The van der Waals surface area contributed by atoms with Crippen molar-refractivity contribution < 1.29 is 22.0 Å². The Morgan fingerprint density at radius 3 is 1.62 bits per heavy atom. The zero-order chi connectivity index (χ0) is 18.8. The van der Waals surface area contributed by atoms with E-state index in [1.165, 1.54) is 0 Å². The van der Waals surface area contributed by atoms with E-state index < -0.39 is 42.7 Å². The molecule has 0 aromatic heterocycles. The van der Waals surface area contributed by atoms with Gasteiger partial charge in [-0.3, -0.25) is 0 Å². The van der Waals surface area contributed by atoms with Crippen molar-refractivity contribution in [3.63, 3.8) is 0 Å². The van der Waals surface area contributed by atoms with Gasteiger partial charge in [-0.25, -0.2) is 22.0 Å². The van der Waals surface area contributed by atoms with Crippen LogP contribution >= 0.6 is 0 Å². The van der Waals surface area contributed by atoms with Crippen LogP contribution in [-0.2, 0) is 0 Å². The van der Waals surface area contributed by atoms with Gasteiger partial charge in [-0.05, 0) is 82.0 Å². The zero-order valence-corrected chi connectivity index (χ0v) is 15.5. The molecule has 0 radical (unpaired) electrons. The average Bonchev–Trinajstić information content (AvgIpc) is 2.60. The standard InChI is InChI=1S/C21H31F5/c1-2-3-12-4-6-13(7-5-12)14-8-16(22)20(17(23)9-14)15-10-18(24)21(26)19(25)11-15/h2-3,12-21H,4-11H2,1H3/b3-2+. The van der Waals surface area contributed by atoms with Crippen LogP contribution in [0, 0.1) is 29.6 Å². The van der Waals surface area contributed by atoms with Gasteiger partial charge in [0.2, 0.25) is 0 Å². The molecule has 3 rings (SSSR count). The lowest BCUT2D eigenvalue weighted by atomic mass is 9.64. The maximum atomic E-state index is 14.8. The predicted molar refractivity (Wildman–Crippen MR) is 93.7 cm³/mol. The van der Waals surface area contributed by atoms with Crippen LogP contribution in [-0.4, -0.2) is 30.9 Å². The third kappa shape index (κ3) is 4.27. The van der Waals surface area contributed by atoms with Crippen molar-refractivity contribution in [2.24, 2.45) is 29.6 Å². The lowest BCUT2D eigenvalue weighted by Gasteiger charge is -2.44. The van der Waals surface area contributed by atoms with Crippen LogP contribution < -0.4 is 0 Å². The smallest absolute Gasteiger partial charge is 0.162 e. The maximum Gasteiger partial charge on any atom is 0.162 e. The highest BCUT2D eigenvalue weighted by atomic mass is 19.2. The van der Waals surface area contributed by atoms with Gasteiger partial charge in [0.1, 0.15) is 24.7 Å². The third-order valence-electron chi connectivity index (χ3n) is 7.13. The minimum Gasteiger partial charge on any atom is -0.247 e. The van der Waals surface area contributed by atoms with Crippen LogP contribution in [0.3, 0.4) is 0 Å². The zero-order valence-electron chi connectivity index (χ0n) is 15.5. The molecule has 0 heterocycles. The predicted octanol–water partition coefficient (Wildman–Crippen LogP) is 6.50. The first-order chi connectivity index (χ1) is 12.4. The minimum absolute atomic E-state index is 0.0164. The Hall–Kier alpha value is -0.610. The van der Waals surface area contributed by atoms with E-state index >= 15 is 0 Å². The summed E-state index contributed by atoms with van der Waals surface area (Å²) < 4.78 is 70.4. The van der Waals surface area contributed by atoms with Gasteiger partial charge in [0.15, 0.2) is 6.17 Å². The van der Waals surface area contributed by atoms with E-state index in [2.05, 4.69) is 12.2 Å². The van der Waals surface area contributed by atoms with Gasteiger partial charge >= 0.3 is 0 Å². The van der Waals surface area contributed by atoms with Gasteiger partial charge in [-0.1, -0.05) is 12.2 Å². The van der Waals surface area contributed by atoms with E-state index in [1.807, 2.05) is 6.92 Å². The number of alkyl halides is 5. The molecular formula is C21H31F5. The van der Waals surface area contributed by atoms with E-state index in [-0.39, 0.29) is 31.6 Å². The lowest BCUT2D eigenvalue weighted by Crippen LogP contribution is -2.47. The molecule has 0 saturated heterocycles. The number of halogens is 5. The number of hydrogen-bond donors (Lipinski definition) is 0. The molecule has 150 valence electrons. The van der Waals surface area contributed by atoms with Gasteiger partial charge in [0.05, 0.1) is 0 Å². The third-order valence-corrected chi connectivity index (χ3v) is 7.13. The second-order valence-corrected chi connectivity index (χ2v) is 8.75. The van der Waals surface area contributed by atoms with Crippen LogP contribution in [0.4, 0.5) is 22.0 Å². The van der Waals surface area contributed by atoms with Gasteiger partial charge in [-0.2, -0.15) is 0 Å². The monoisotopic (exact) mass is 378 g/mol. The highest BCUT2D eigenvalue weighted by Crippen LogP contribution is 2.48. The fourth-order valence-corrected chi connectivity index (χ4v) is 5.75. The Labute approximate surface area is 153 Å². The van der Waals surface area contributed by atoms with E-state index in [0.717, 1.165) is 25.7 Å². The first kappa shape index (κ1) is 20.1. The van der Waals surface area contributed by atoms with Crippen LogP contribution in [0.15, 0.2) is 12.2 Å². The molecule has 4 unspecified atom stereocenters. The highest BCUT2D eigenvalue weighted by Gasteiger charge is 2.49. The van der Waals surface area contributed by atoms with Crippen molar-refractivity contribution in [2.45, 2.75) is 89.1 Å². The number of hydrogen-bond acceptors (Lipinski definition) is 0. The summed E-state index contributed by atoms with van der Waals surface area (Å²) in [6, 6.07) is 0. The maximum absolute atomic E-state index is 14.8. The Balaban J connectivity index is 1.58. The molecule has 0 aromatic carbocycles. The van der Waals surface area contributed by atoms with E-state index in [4.69, 9.17) is 0 Å². The largest absolute Gasteiger partial charge is 0.247 e. The van der Waals surface area contributed by atoms with E-state index in [9.17, 15) is 22.0 Å². The van der Waals surface area contributed by atoms with E-state index in [1.54, 1.807) is 0 Å². The first-order valence-corrected chi connectivity index (χ1v) is 10.2. The first-order valence-electron chi connectivity index (χ1n) is 10.2. The van der Waals surface area contributed by atoms with Gasteiger partial charge in [-0.15, -0.1) is 0 Å². The summed E-state index contributed by atoms with van der Waals surface area (Å²) >= 11 is 0. The number of rotatable bonds is 3. The Morgan fingerprint density at radius 2 is 1.12 bits per heavy atom. The Bertz CT molecular complexity index is 449. The molecule has 0 aliphatic heterocycles. The van der Waals surface area contributed by atoms with Crippen molar-refractivity contribution in [1.29, 1.82) is 0 Å². The second-order valence-electron chi connectivity index (χ2n) is 8.75. The second kappa shape index (κ2) is 8.60. The fraction of sp³-hybridized carbons (Fsp3) is 0.905. The summed E-state index contributed by atoms with van der Waals surface area (Å²) in [5.74, 6) is -0.771. The summed E-state index contributed by atoms with van der Waals surface area (Å²) in [5.41, 5.74) is 0.